The average Bonchev–Trinajstić information content (AvgIpc) is 2.88. The lowest BCUT2D eigenvalue weighted by atomic mass is 10.1. The van der Waals surface area contributed by atoms with Gasteiger partial charge in [-0.1, -0.05) is 12.1 Å². The lowest BCUT2D eigenvalue weighted by Gasteiger charge is -2.13. The summed E-state index contributed by atoms with van der Waals surface area (Å²) in [5, 5.41) is 14.0. The molecule has 0 aliphatic rings. The Bertz CT molecular complexity index is 824. The number of phenols is 1. The number of hydrogen-bond donors (Lipinski definition) is 1. The molecule has 7 heteroatoms. The van der Waals surface area contributed by atoms with Crippen LogP contribution < -0.4 is 0 Å². The Balaban J connectivity index is 2.36. The fraction of sp³-hybridized carbons (Fsp3) is 0.143. The Morgan fingerprint density at radius 2 is 1.95 bits per heavy atom. The Kier molecular flexibility index (Phi) is 2.86. The molecule has 108 valence electrons. The number of benzene rings is 1. The fourth-order valence-corrected chi connectivity index (χ4v) is 2.22. The van der Waals surface area contributed by atoms with Gasteiger partial charge in [0.25, 0.3) is 0 Å². The van der Waals surface area contributed by atoms with Crippen LogP contribution in [0.15, 0.2) is 36.5 Å². The number of aryl methyl sites for hydroxylation is 1. The van der Waals surface area contributed by atoms with E-state index in [0.29, 0.717) is 11.1 Å². The van der Waals surface area contributed by atoms with Gasteiger partial charge in [-0.2, -0.15) is 18.3 Å². The first-order chi connectivity index (χ1) is 9.88. The van der Waals surface area contributed by atoms with Crippen LogP contribution in [0, 0.1) is 6.92 Å². The number of aromatic nitrogens is 3. The maximum atomic E-state index is 13.0. The van der Waals surface area contributed by atoms with E-state index in [2.05, 4.69) is 10.1 Å². The van der Waals surface area contributed by atoms with E-state index in [1.807, 2.05) is 0 Å². The van der Waals surface area contributed by atoms with E-state index in [9.17, 15) is 18.3 Å². The van der Waals surface area contributed by atoms with Gasteiger partial charge in [-0.25, -0.2) is 9.67 Å². The lowest BCUT2D eigenvalue weighted by molar-refractivity contribution is -0.142. The van der Waals surface area contributed by atoms with E-state index in [-0.39, 0.29) is 17.0 Å². The van der Waals surface area contributed by atoms with Gasteiger partial charge in [0.15, 0.2) is 0 Å². The van der Waals surface area contributed by atoms with Crippen molar-refractivity contribution < 1.29 is 18.3 Å². The molecule has 0 aliphatic carbocycles. The van der Waals surface area contributed by atoms with Crippen molar-refractivity contribution in [3.05, 3.63) is 47.9 Å². The fourth-order valence-electron chi connectivity index (χ4n) is 2.22. The quantitative estimate of drug-likeness (QED) is 0.747. The van der Waals surface area contributed by atoms with Crippen LogP contribution in [0.1, 0.15) is 11.4 Å². The molecule has 0 saturated carbocycles. The number of rotatable bonds is 1. The first kappa shape index (κ1) is 13.4. The largest absolute Gasteiger partial charge is 0.506 e. The summed E-state index contributed by atoms with van der Waals surface area (Å²) in [5.74, 6) is -0.0850. The van der Waals surface area contributed by atoms with Gasteiger partial charge in [0.1, 0.15) is 17.0 Å². The highest BCUT2D eigenvalue weighted by Crippen LogP contribution is 2.33. The summed E-state index contributed by atoms with van der Waals surface area (Å²) in [7, 11) is 0. The monoisotopic (exact) mass is 293 g/mol. The van der Waals surface area contributed by atoms with Gasteiger partial charge in [0.2, 0.25) is 0 Å². The zero-order chi connectivity index (χ0) is 15.2. The molecule has 0 spiro atoms. The summed E-state index contributed by atoms with van der Waals surface area (Å²) in [4.78, 5) is 4.17. The van der Waals surface area contributed by atoms with Crippen molar-refractivity contribution in [2.24, 2.45) is 0 Å². The highest BCUT2D eigenvalue weighted by Gasteiger charge is 2.35. The van der Waals surface area contributed by atoms with Crippen molar-refractivity contribution in [1.29, 1.82) is 0 Å². The minimum Gasteiger partial charge on any atom is -0.506 e. The Morgan fingerprint density at radius 1 is 1.19 bits per heavy atom. The molecule has 0 fully saturated rings. The van der Waals surface area contributed by atoms with Crippen LogP contribution >= 0.6 is 0 Å². The highest BCUT2D eigenvalue weighted by atomic mass is 19.4. The molecule has 0 unspecified atom stereocenters. The van der Waals surface area contributed by atoms with Crippen molar-refractivity contribution in [3.63, 3.8) is 0 Å². The predicted octanol–water partition coefficient (Wildman–Crippen LogP) is 3.45. The highest BCUT2D eigenvalue weighted by molar-refractivity contribution is 5.91. The van der Waals surface area contributed by atoms with Crippen LogP contribution in [-0.2, 0) is 6.18 Å². The van der Waals surface area contributed by atoms with Gasteiger partial charge in [0.05, 0.1) is 11.9 Å². The third-order valence-corrected chi connectivity index (χ3v) is 3.09. The normalized spacial score (nSPS) is 12.0. The number of fused-ring (bicyclic) bond motifs is 1. The molecule has 21 heavy (non-hydrogen) atoms. The standard InChI is InChI=1S/C14H10F3N3O/c1-8-7-10(9-3-2-4-11(21)13(9)19-8)20-12(5-6-18-20)14(15,16)17/h2-7,21H,1H3. The molecule has 2 aromatic heterocycles. The molecule has 3 rings (SSSR count). The molecule has 4 nitrogen and oxygen atoms in total. The second-order valence-corrected chi connectivity index (χ2v) is 4.58. The Morgan fingerprint density at radius 3 is 2.67 bits per heavy atom. The number of phenolic OH excluding ortho intramolecular Hbond substituents is 1. The van der Waals surface area contributed by atoms with E-state index in [1.165, 1.54) is 12.1 Å². The van der Waals surface area contributed by atoms with Crippen molar-refractivity contribution in [2.75, 3.05) is 0 Å². The molecule has 0 amide bonds. The zero-order valence-electron chi connectivity index (χ0n) is 10.9. The number of aromatic hydroxyl groups is 1. The van der Waals surface area contributed by atoms with Gasteiger partial charge in [-0.05, 0) is 25.1 Å². The summed E-state index contributed by atoms with van der Waals surface area (Å²) in [6.07, 6.45) is -3.43. The summed E-state index contributed by atoms with van der Waals surface area (Å²) in [6, 6.07) is 6.99. The number of halogens is 3. The third kappa shape index (κ3) is 2.20. The number of alkyl halides is 3. The van der Waals surface area contributed by atoms with Crippen LogP contribution in [0.4, 0.5) is 13.2 Å². The topological polar surface area (TPSA) is 50.9 Å². The summed E-state index contributed by atoms with van der Waals surface area (Å²) >= 11 is 0. The van der Waals surface area contributed by atoms with E-state index >= 15 is 0 Å². The number of hydrogen-bond acceptors (Lipinski definition) is 3. The zero-order valence-corrected chi connectivity index (χ0v) is 10.9. The number of pyridine rings is 1. The van der Waals surface area contributed by atoms with Crippen molar-refractivity contribution >= 4 is 10.9 Å². The third-order valence-electron chi connectivity index (χ3n) is 3.09. The second kappa shape index (κ2) is 4.47. The van der Waals surface area contributed by atoms with Crippen LogP contribution in [0.5, 0.6) is 5.75 Å². The minimum absolute atomic E-state index is 0.0850. The van der Waals surface area contributed by atoms with Crippen LogP contribution in [0.2, 0.25) is 0 Å². The van der Waals surface area contributed by atoms with Crippen LogP contribution in [0.25, 0.3) is 16.6 Å². The minimum atomic E-state index is -4.52. The van der Waals surface area contributed by atoms with Crippen LogP contribution in [0.3, 0.4) is 0 Å². The Hall–Kier alpha value is -2.57. The SMILES string of the molecule is Cc1cc(-n2nccc2C(F)(F)F)c2cccc(O)c2n1. The van der Waals surface area contributed by atoms with Gasteiger partial charge in [-0.3, -0.25) is 0 Å². The molecule has 1 aromatic carbocycles. The smallest absolute Gasteiger partial charge is 0.433 e. The molecule has 1 N–H and O–H groups in total. The first-order valence-corrected chi connectivity index (χ1v) is 6.09. The van der Waals surface area contributed by atoms with Crippen molar-refractivity contribution in [3.8, 4) is 11.4 Å². The van der Waals surface area contributed by atoms with Crippen molar-refractivity contribution in [1.82, 2.24) is 14.8 Å². The molecule has 0 radical (unpaired) electrons. The summed E-state index contributed by atoms with van der Waals surface area (Å²) in [5.41, 5.74) is 0.0854. The van der Waals surface area contributed by atoms with E-state index in [0.717, 1.165) is 16.9 Å². The number of nitrogens with zero attached hydrogens (tertiary/aromatic N) is 3. The molecule has 0 aliphatic heterocycles. The van der Waals surface area contributed by atoms with Gasteiger partial charge in [0, 0.05) is 11.1 Å². The average molecular weight is 293 g/mol. The first-order valence-electron chi connectivity index (χ1n) is 6.09. The van der Waals surface area contributed by atoms with Gasteiger partial charge in [-0.15, -0.1) is 0 Å². The van der Waals surface area contributed by atoms with E-state index in [4.69, 9.17) is 0 Å². The maximum absolute atomic E-state index is 13.0. The van der Waals surface area contributed by atoms with Gasteiger partial charge >= 0.3 is 6.18 Å². The van der Waals surface area contributed by atoms with E-state index < -0.39 is 11.9 Å². The molecule has 0 saturated heterocycles. The van der Waals surface area contributed by atoms with Gasteiger partial charge < -0.3 is 5.11 Å². The van der Waals surface area contributed by atoms with Crippen molar-refractivity contribution in [2.45, 2.75) is 13.1 Å². The summed E-state index contributed by atoms with van der Waals surface area (Å²) in [6.45, 7) is 1.64. The van der Waals surface area contributed by atoms with E-state index in [1.54, 1.807) is 19.1 Å². The maximum Gasteiger partial charge on any atom is 0.433 e. The molecule has 0 atom stereocenters. The Labute approximate surface area is 117 Å². The molecule has 2 heterocycles. The lowest BCUT2D eigenvalue weighted by Crippen LogP contribution is -2.13. The molecule has 0 bridgehead atoms. The molecular weight excluding hydrogens is 283 g/mol. The number of para-hydroxylation sites is 1. The predicted molar refractivity (Wildman–Crippen MR) is 70.3 cm³/mol. The molecule has 3 aromatic rings. The summed E-state index contributed by atoms with van der Waals surface area (Å²) < 4.78 is 39.9. The molecular formula is C14H10F3N3O. The van der Waals surface area contributed by atoms with Crippen LogP contribution in [-0.4, -0.2) is 19.9 Å². The second-order valence-electron chi connectivity index (χ2n) is 4.58.